The molecule has 0 saturated carbocycles. The van der Waals surface area contributed by atoms with Crippen molar-refractivity contribution in [3.05, 3.63) is 41.0 Å². The highest BCUT2D eigenvalue weighted by Gasteiger charge is 2.17. The predicted octanol–water partition coefficient (Wildman–Crippen LogP) is 2.14. The zero-order chi connectivity index (χ0) is 17.8. The average Bonchev–Trinajstić information content (AvgIpc) is 3.19. The highest BCUT2D eigenvalue weighted by Crippen LogP contribution is 2.25. The second kappa shape index (κ2) is 7.55. The van der Waals surface area contributed by atoms with Gasteiger partial charge in [0.15, 0.2) is 0 Å². The molecule has 7 nitrogen and oxygen atoms in total. The third-order valence-corrected chi connectivity index (χ3v) is 4.52. The molecule has 2 N–H and O–H groups in total. The van der Waals surface area contributed by atoms with Gasteiger partial charge >= 0.3 is 6.03 Å². The molecule has 1 aliphatic rings. The Balaban J connectivity index is 1.51. The van der Waals surface area contributed by atoms with Gasteiger partial charge in [-0.05, 0) is 26.3 Å². The third kappa shape index (κ3) is 3.92. The van der Waals surface area contributed by atoms with Crippen molar-refractivity contribution < 1.29 is 9.53 Å². The molecule has 0 aliphatic carbocycles. The minimum atomic E-state index is -0.197. The van der Waals surface area contributed by atoms with Crippen LogP contribution in [0.5, 0.6) is 5.75 Å². The summed E-state index contributed by atoms with van der Waals surface area (Å²) in [5.74, 6) is 2.78. The smallest absolute Gasteiger partial charge is 0.315 e. The first-order chi connectivity index (χ1) is 12.1. The van der Waals surface area contributed by atoms with Crippen LogP contribution in [0.1, 0.15) is 42.2 Å². The van der Waals surface area contributed by atoms with Gasteiger partial charge < -0.3 is 19.9 Å². The molecular weight excluding hydrogens is 318 g/mol. The topological polar surface area (TPSA) is 81.1 Å². The van der Waals surface area contributed by atoms with E-state index >= 15 is 0 Å². The number of benzene rings is 1. The van der Waals surface area contributed by atoms with E-state index in [0.29, 0.717) is 13.0 Å². The maximum absolute atomic E-state index is 12.2. The molecule has 3 rings (SSSR count). The lowest BCUT2D eigenvalue weighted by Gasteiger charge is -2.18. The van der Waals surface area contributed by atoms with E-state index in [1.807, 2.05) is 32.0 Å². The molecule has 0 fully saturated rings. The van der Waals surface area contributed by atoms with Crippen LogP contribution in [-0.2, 0) is 19.4 Å². The fourth-order valence-corrected chi connectivity index (χ4v) is 3.20. The lowest BCUT2D eigenvalue weighted by molar-refractivity contribution is 0.237. The first kappa shape index (κ1) is 17.3. The number of carbonyl (C=O) groups is 1. The number of aryl methyl sites for hydroxylation is 2. The van der Waals surface area contributed by atoms with Crippen LogP contribution in [0.2, 0.25) is 0 Å². The summed E-state index contributed by atoms with van der Waals surface area (Å²) in [6.45, 7) is 5.48. The number of fused-ring (bicyclic) bond motifs is 1. The summed E-state index contributed by atoms with van der Waals surface area (Å²) < 4.78 is 7.54. The molecule has 1 aromatic carbocycles. The molecule has 2 amide bonds. The van der Waals surface area contributed by atoms with Gasteiger partial charge in [0.1, 0.15) is 17.4 Å². The average molecular weight is 343 g/mol. The lowest BCUT2D eigenvalue weighted by atomic mass is 10.0. The summed E-state index contributed by atoms with van der Waals surface area (Å²) in [4.78, 5) is 12.2. The van der Waals surface area contributed by atoms with E-state index in [1.165, 1.54) is 0 Å². The van der Waals surface area contributed by atoms with E-state index in [9.17, 15) is 4.79 Å². The van der Waals surface area contributed by atoms with Crippen LogP contribution in [0.15, 0.2) is 18.2 Å². The monoisotopic (exact) mass is 343 g/mol. The van der Waals surface area contributed by atoms with Crippen molar-refractivity contribution in [3.8, 4) is 5.75 Å². The SMILES string of the molecule is COc1ccc(C)cc1[C@H](C)NC(=O)NCCc1nnc2n1CCC2. The van der Waals surface area contributed by atoms with Gasteiger partial charge in [-0.15, -0.1) is 10.2 Å². The number of nitrogens with one attached hydrogen (secondary N) is 2. The zero-order valence-corrected chi connectivity index (χ0v) is 15.0. The van der Waals surface area contributed by atoms with Crippen LogP contribution in [0.3, 0.4) is 0 Å². The number of rotatable bonds is 6. The molecule has 25 heavy (non-hydrogen) atoms. The van der Waals surface area contributed by atoms with E-state index < -0.39 is 0 Å². The molecule has 0 radical (unpaired) electrons. The number of ether oxygens (including phenoxy) is 1. The molecule has 134 valence electrons. The Morgan fingerprint density at radius 3 is 3.04 bits per heavy atom. The number of aromatic nitrogens is 3. The molecule has 1 aromatic heterocycles. The fourth-order valence-electron chi connectivity index (χ4n) is 3.20. The Bertz CT molecular complexity index is 756. The van der Waals surface area contributed by atoms with Crippen molar-refractivity contribution in [1.29, 1.82) is 0 Å². The highest BCUT2D eigenvalue weighted by atomic mass is 16.5. The second-order valence-electron chi connectivity index (χ2n) is 6.40. The van der Waals surface area contributed by atoms with Gasteiger partial charge in [0.2, 0.25) is 0 Å². The van der Waals surface area contributed by atoms with Crippen molar-refractivity contribution in [1.82, 2.24) is 25.4 Å². The summed E-state index contributed by atoms with van der Waals surface area (Å²) in [6, 6.07) is 5.60. The Hall–Kier alpha value is -2.57. The van der Waals surface area contributed by atoms with Gasteiger partial charge in [0.25, 0.3) is 0 Å². The number of carbonyl (C=O) groups excluding carboxylic acids is 1. The molecule has 0 saturated heterocycles. The van der Waals surface area contributed by atoms with E-state index in [2.05, 4.69) is 25.4 Å². The fraction of sp³-hybridized carbons (Fsp3) is 0.500. The molecule has 1 atom stereocenters. The maximum atomic E-state index is 12.2. The van der Waals surface area contributed by atoms with E-state index in [0.717, 1.165) is 47.9 Å². The Morgan fingerprint density at radius 1 is 1.40 bits per heavy atom. The van der Waals surface area contributed by atoms with Crippen molar-refractivity contribution in [3.63, 3.8) is 0 Å². The summed E-state index contributed by atoms with van der Waals surface area (Å²) in [5.41, 5.74) is 2.10. The predicted molar refractivity (Wildman–Crippen MR) is 94.7 cm³/mol. The zero-order valence-electron chi connectivity index (χ0n) is 15.0. The summed E-state index contributed by atoms with van der Waals surface area (Å²) in [7, 11) is 1.64. The molecule has 2 aromatic rings. The summed E-state index contributed by atoms with van der Waals surface area (Å²) in [5, 5.41) is 14.2. The normalized spacial score (nSPS) is 14.0. The second-order valence-corrected chi connectivity index (χ2v) is 6.40. The molecule has 0 bridgehead atoms. The molecular formula is C18H25N5O2. The Kier molecular flexibility index (Phi) is 5.21. The van der Waals surface area contributed by atoms with Crippen LogP contribution in [0.25, 0.3) is 0 Å². The van der Waals surface area contributed by atoms with Gasteiger partial charge in [0.05, 0.1) is 13.2 Å². The summed E-state index contributed by atoms with van der Waals surface area (Å²) >= 11 is 0. The molecule has 0 spiro atoms. The van der Waals surface area contributed by atoms with Crippen LogP contribution in [0, 0.1) is 6.92 Å². The number of hydrogen-bond donors (Lipinski definition) is 2. The van der Waals surface area contributed by atoms with Crippen molar-refractivity contribution in [2.45, 2.75) is 45.7 Å². The molecule has 7 heteroatoms. The van der Waals surface area contributed by atoms with Gasteiger partial charge in [-0.25, -0.2) is 4.79 Å². The van der Waals surface area contributed by atoms with Gasteiger partial charge in [0, 0.05) is 31.5 Å². The molecule has 1 aliphatic heterocycles. The standard InChI is InChI=1S/C18H25N5O2/c1-12-6-7-15(25-3)14(11-12)13(2)20-18(24)19-9-8-17-22-21-16-5-4-10-23(16)17/h6-7,11,13H,4-5,8-10H2,1-3H3,(H2,19,20,24)/t13-/m0/s1. The minimum Gasteiger partial charge on any atom is -0.496 e. The summed E-state index contributed by atoms with van der Waals surface area (Å²) in [6.07, 6.45) is 2.81. The quantitative estimate of drug-likeness (QED) is 0.842. The molecule has 2 heterocycles. The van der Waals surface area contributed by atoms with E-state index in [-0.39, 0.29) is 12.1 Å². The lowest BCUT2D eigenvalue weighted by Crippen LogP contribution is -2.38. The first-order valence-electron chi connectivity index (χ1n) is 8.68. The largest absolute Gasteiger partial charge is 0.496 e. The number of methoxy groups -OCH3 is 1. The number of urea groups is 1. The van der Waals surface area contributed by atoms with Crippen LogP contribution < -0.4 is 15.4 Å². The van der Waals surface area contributed by atoms with Crippen LogP contribution in [0.4, 0.5) is 4.79 Å². The Labute approximate surface area is 147 Å². The van der Waals surface area contributed by atoms with E-state index in [1.54, 1.807) is 7.11 Å². The first-order valence-corrected chi connectivity index (χ1v) is 8.68. The maximum Gasteiger partial charge on any atom is 0.315 e. The van der Waals surface area contributed by atoms with Crippen molar-refractivity contribution >= 4 is 6.03 Å². The number of amides is 2. The van der Waals surface area contributed by atoms with E-state index in [4.69, 9.17) is 4.74 Å². The Morgan fingerprint density at radius 2 is 2.24 bits per heavy atom. The van der Waals surface area contributed by atoms with Gasteiger partial charge in [-0.2, -0.15) is 0 Å². The van der Waals surface area contributed by atoms with Crippen molar-refractivity contribution in [2.75, 3.05) is 13.7 Å². The number of hydrogen-bond acceptors (Lipinski definition) is 4. The minimum absolute atomic E-state index is 0.146. The van der Waals surface area contributed by atoms with Crippen LogP contribution in [-0.4, -0.2) is 34.5 Å². The number of nitrogens with zero attached hydrogens (tertiary/aromatic N) is 3. The highest BCUT2D eigenvalue weighted by molar-refractivity contribution is 5.74. The van der Waals surface area contributed by atoms with Gasteiger partial charge in [-0.1, -0.05) is 17.7 Å². The van der Waals surface area contributed by atoms with Crippen LogP contribution >= 0.6 is 0 Å². The van der Waals surface area contributed by atoms with Gasteiger partial charge in [-0.3, -0.25) is 0 Å². The third-order valence-electron chi connectivity index (χ3n) is 4.52. The molecule has 0 unspecified atom stereocenters. The van der Waals surface area contributed by atoms with Crippen molar-refractivity contribution in [2.24, 2.45) is 0 Å².